The first-order valence-corrected chi connectivity index (χ1v) is 9.10. The second-order valence-electron chi connectivity index (χ2n) is 6.13. The molecule has 4 rings (SSSR count). The van der Waals surface area contributed by atoms with Crippen LogP contribution in [0.1, 0.15) is 25.7 Å². The van der Waals surface area contributed by atoms with Crippen molar-refractivity contribution in [2.45, 2.75) is 44.4 Å². The maximum Gasteiger partial charge on any atom is 0.369 e. The van der Waals surface area contributed by atoms with E-state index in [1.54, 1.807) is 6.07 Å². The number of aromatic nitrogens is 4. The average Bonchev–Trinajstić information content (AvgIpc) is 3.25. The Bertz CT molecular complexity index is 766. The minimum atomic E-state index is -0.390. The van der Waals surface area contributed by atoms with Crippen molar-refractivity contribution in [3.8, 4) is 5.00 Å². The molecule has 0 unspecified atom stereocenters. The number of carbonyl (C=O) groups excluding carboxylic acids is 1. The standard InChI is InChI=1S/C15H19N5O3S/c21-13(18-7-8-23-12-5-2-1-4-11(12)18)10-19-15(22)20(17-16-19)14-6-3-9-24-14/h3,6,9,11-12H,1-2,4-5,7-8,10H2/t11-,12-/m1/s1. The SMILES string of the molecule is O=C(Cn1nnn(-c2cccs2)c1=O)N1CCO[C@@H]2CCCC[C@H]21. The summed E-state index contributed by atoms with van der Waals surface area (Å²) in [5.41, 5.74) is -0.390. The summed E-state index contributed by atoms with van der Waals surface area (Å²) in [6, 6.07) is 3.76. The highest BCUT2D eigenvalue weighted by Gasteiger charge is 2.36. The Kier molecular flexibility index (Phi) is 4.19. The van der Waals surface area contributed by atoms with Gasteiger partial charge in [0.05, 0.1) is 18.8 Å². The number of carbonyl (C=O) groups is 1. The smallest absolute Gasteiger partial charge is 0.369 e. The van der Waals surface area contributed by atoms with Crippen LogP contribution in [0, 0.1) is 0 Å². The topological polar surface area (TPSA) is 82.2 Å². The summed E-state index contributed by atoms with van der Waals surface area (Å²) in [4.78, 5) is 27.0. The molecule has 1 saturated carbocycles. The number of tetrazole rings is 1. The van der Waals surface area contributed by atoms with Gasteiger partial charge in [-0.25, -0.2) is 4.79 Å². The van der Waals surface area contributed by atoms with E-state index < -0.39 is 0 Å². The van der Waals surface area contributed by atoms with Gasteiger partial charge in [0.2, 0.25) is 5.91 Å². The molecule has 2 aromatic heterocycles. The van der Waals surface area contributed by atoms with E-state index in [-0.39, 0.29) is 30.3 Å². The summed E-state index contributed by atoms with van der Waals surface area (Å²) < 4.78 is 8.15. The van der Waals surface area contributed by atoms with Crippen LogP contribution in [0.3, 0.4) is 0 Å². The fraction of sp³-hybridized carbons (Fsp3) is 0.600. The molecule has 2 fully saturated rings. The Morgan fingerprint density at radius 2 is 2.21 bits per heavy atom. The van der Waals surface area contributed by atoms with Gasteiger partial charge in [-0.2, -0.15) is 9.36 Å². The quantitative estimate of drug-likeness (QED) is 0.813. The van der Waals surface area contributed by atoms with Crippen LogP contribution in [0.4, 0.5) is 0 Å². The molecule has 9 heteroatoms. The second kappa shape index (κ2) is 6.48. The van der Waals surface area contributed by atoms with Gasteiger partial charge in [-0.1, -0.05) is 12.8 Å². The minimum Gasteiger partial charge on any atom is -0.374 e. The summed E-state index contributed by atoms with van der Waals surface area (Å²) in [6.45, 7) is 1.06. The van der Waals surface area contributed by atoms with E-state index in [1.807, 2.05) is 16.3 Å². The van der Waals surface area contributed by atoms with E-state index in [2.05, 4.69) is 10.4 Å². The van der Waals surface area contributed by atoms with Gasteiger partial charge in [0.15, 0.2) is 0 Å². The van der Waals surface area contributed by atoms with Crippen molar-refractivity contribution in [1.82, 2.24) is 24.7 Å². The fourth-order valence-electron chi connectivity index (χ4n) is 3.53. The van der Waals surface area contributed by atoms with E-state index in [1.165, 1.54) is 16.0 Å². The maximum atomic E-state index is 12.7. The molecule has 2 aromatic rings. The van der Waals surface area contributed by atoms with Crippen LogP contribution in [0.5, 0.6) is 0 Å². The lowest BCUT2D eigenvalue weighted by molar-refractivity contribution is -0.150. The van der Waals surface area contributed by atoms with Gasteiger partial charge in [-0.05, 0) is 40.8 Å². The third-order valence-corrected chi connectivity index (χ3v) is 5.54. The van der Waals surface area contributed by atoms with Crippen molar-refractivity contribution in [1.29, 1.82) is 0 Å². The molecule has 1 aliphatic heterocycles. The molecule has 0 spiro atoms. The zero-order chi connectivity index (χ0) is 16.5. The van der Waals surface area contributed by atoms with Crippen molar-refractivity contribution in [3.05, 3.63) is 28.0 Å². The normalized spacial score (nSPS) is 23.9. The molecule has 24 heavy (non-hydrogen) atoms. The highest BCUT2D eigenvalue weighted by atomic mass is 32.1. The van der Waals surface area contributed by atoms with Crippen molar-refractivity contribution in [2.75, 3.05) is 13.2 Å². The highest BCUT2D eigenvalue weighted by molar-refractivity contribution is 7.12. The van der Waals surface area contributed by atoms with E-state index in [0.29, 0.717) is 18.2 Å². The number of amides is 1. The molecule has 1 amide bonds. The van der Waals surface area contributed by atoms with Crippen LogP contribution in [0.25, 0.3) is 5.00 Å². The van der Waals surface area contributed by atoms with Gasteiger partial charge in [0.25, 0.3) is 0 Å². The number of hydrogen-bond acceptors (Lipinski definition) is 6. The van der Waals surface area contributed by atoms with Crippen LogP contribution in [-0.2, 0) is 16.1 Å². The Balaban J connectivity index is 1.51. The Labute approximate surface area is 142 Å². The molecule has 2 aliphatic rings. The van der Waals surface area contributed by atoms with Crippen molar-refractivity contribution >= 4 is 17.2 Å². The average molecular weight is 349 g/mol. The Hall–Kier alpha value is -2.00. The van der Waals surface area contributed by atoms with Crippen molar-refractivity contribution in [3.63, 3.8) is 0 Å². The third kappa shape index (κ3) is 2.78. The molecule has 0 bridgehead atoms. The molecular weight excluding hydrogens is 330 g/mol. The first kappa shape index (κ1) is 15.5. The number of morpholine rings is 1. The van der Waals surface area contributed by atoms with Crippen LogP contribution >= 0.6 is 11.3 Å². The van der Waals surface area contributed by atoms with E-state index in [9.17, 15) is 9.59 Å². The highest BCUT2D eigenvalue weighted by Crippen LogP contribution is 2.28. The fourth-order valence-corrected chi connectivity index (χ4v) is 4.20. The number of hydrogen-bond donors (Lipinski definition) is 0. The first-order valence-electron chi connectivity index (χ1n) is 8.22. The van der Waals surface area contributed by atoms with E-state index in [0.717, 1.165) is 30.4 Å². The number of ether oxygens (including phenoxy) is 1. The van der Waals surface area contributed by atoms with Crippen LogP contribution in [-0.4, -0.2) is 55.9 Å². The van der Waals surface area contributed by atoms with Crippen molar-refractivity contribution in [2.24, 2.45) is 0 Å². The molecular formula is C15H19N5O3S. The minimum absolute atomic E-state index is 0.0760. The van der Waals surface area contributed by atoms with Gasteiger partial charge in [0.1, 0.15) is 11.5 Å². The van der Waals surface area contributed by atoms with Gasteiger partial charge < -0.3 is 9.64 Å². The molecule has 1 aliphatic carbocycles. The number of nitrogens with zero attached hydrogens (tertiary/aromatic N) is 5. The van der Waals surface area contributed by atoms with E-state index in [4.69, 9.17) is 4.74 Å². The molecule has 0 radical (unpaired) electrons. The summed E-state index contributed by atoms with van der Waals surface area (Å²) in [7, 11) is 0. The summed E-state index contributed by atoms with van der Waals surface area (Å²) in [5.74, 6) is -0.0875. The third-order valence-electron chi connectivity index (χ3n) is 4.69. The summed E-state index contributed by atoms with van der Waals surface area (Å²) in [6.07, 6.45) is 4.37. The largest absolute Gasteiger partial charge is 0.374 e. The van der Waals surface area contributed by atoms with Crippen LogP contribution in [0.2, 0.25) is 0 Å². The van der Waals surface area contributed by atoms with E-state index >= 15 is 0 Å². The van der Waals surface area contributed by atoms with Gasteiger partial charge in [-0.3, -0.25) is 4.79 Å². The predicted octanol–water partition coefficient (Wildman–Crippen LogP) is 0.660. The second-order valence-corrected chi connectivity index (χ2v) is 7.06. The maximum absolute atomic E-state index is 12.7. The number of thiophene rings is 1. The van der Waals surface area contributed by atoms with Crippen LogP contribution in [0.15, 0.2) is 22.3 Å². The lowest BCUT2D eigenvalue weighted by Gasteiger charge is -2.43. The molecule has 128 valence electrons. The Morgan fingerprint density at radius 3 is 3.04 bits per heavy atom. The monoisotopic (exact) mass is 349 g/mol. The van der Waals surface area contributed by atoms with Crippen LogP contribution < -0.4 is 5.69 Å². The zero-order valence-corrected chi connectivity index (χ0v) is 14.0. The van der Waals surface area contributed by atoms with Gasteiger partial charge in [0, 0.05) is 6.54 Å². The molecule has 0 aromatic carbocycles. The molecule has 8 nitrogen and oxygen atoms in total. The molecule has 1 saturated heterocycles. The lowest BCUT2D eigenvalue weighted by atomic mass is 9.90. The molecule has 2 atom stereocenters. The lowest BCUT2D eigenvalue weighted by Crippen LogP contribution is -2.55. The van der Waals surface area contributed by atoms with Crippen molar-refractivity contribution < 1.29 is 9.53 Å². The zero-order valence-electron chi connectivity index (χ0n) is 13.2. The predicted molar refractivity (Wildman–Crippen MR) is 87.2 cm³/mol. The van der Waals surface area contributed by atoms with Gasteiger partial charge >= 0.3 is 5.69 Å². The number of rotatable bonds is 3. The summed E-state index contributed by atoms with van der Waals surface area (Å²) in [5, 5.41) is 10.3. The first-order chi connectivity index (χ1) is 11.7. The van der Waals surface area contributed by atoms with Gasteiger partial charge in [-0.15, -0.1) is 11.3 Å². The molecule has 0 N–H and O–H groups in total. The summed E-state index contributed by atoms with van der Waals surface area (Å²) >= 11 is 1.40. The number of fused-ring (bicyclic) bond motifs is 1. The Morgan fingerprint density at radius 1 is 1.33 bits per heavy atom. The molecule has 3 heterocycles.